The molecule has 0 spiro atoms. The SMILES string of the molecule is CC(c1nc(Br)nn1-c1ccc(C#N)cn1)N1C(=O)c2ccccc2C1=O. The second-order valence-corrected chi connectivity index (χ2v) is 6.58. The first-order valence-corrected chi connectivity index (χ1v) is 8.76. The number of imide groups is 1. The zero-order valence-corrected chi connectivity index (χ0v) is 15.6. The van der Waals surface area contributed by atoms with Gasteiger partial charge in [-0.05, 0) is 47.1 Å². The number of carbonyl (C=O) groups excluding carboxylic acids is 2. The lowest BCUT2D eigenvalue weighted by Gasteiger charge is -2.21. The van der Waals surface area contributed by atoms with E-state index in [0.29, 0.717) is 33.1 Å². The summed E-state index contributed by atoms with van der Waals surface area (Å²) in [4.78, 5) is 35.2. The topological polar surface area (TPSA) is 105 Å². The van der Waals surface area contributed by atoms with Gasteiger partial charge in [-0.15, -0.1) is 5.10 Å². The van der Waals surface area contributed by atoms with Crippen LogP contribution >= 0.6 is 15.9 Å². The van der Waals surface area contributed by atoms with Crippen molar-refractivity contribution in [3.05, 3.63) is 69.8 Å². The molecule has 0 bridgehead atoms. The third-order valence-corrected chi connectivity index (χ3v) is 4.62. The van der Waals surface area contributed by atoms with Crippen molar-refractivity contribution in [1.82, 2.24) is 24.6 Å². The number of carbonyl (C=O) groups is 2. The van der Waals surface area contributed by atoms with Crippen molar-refractivity contribution in [2.24, 2.45) is 0 Å². The molecule has 132 valence electrons. The molecule has 9 heteroatoms. The molecule has 1 atom stereocenters. The molecular formula is C18H11BrN6O2. The van der Waals surface area contributed by atoms with Crippen molar-refractivity contribution in [2.75, 3.05) is 0 Å². The van der Waals surface area contributed by atoms with E-state index in [9.17, 15) is 9.59 Å². The average Bonchev–Trinajstić information content (AvgIpc) is 3.20. The molecule has 0 fully saturated rings. The van der Waals surface area contributed by atoms with Crippen molar-refractivity contribution in [3.8, 4) is 11.9 Å². The fraction of sp³-hybridized carbons (Fsp3) is 0.111. The van der Waals surface area contributed by atoms with Crippen LogP contribution in [-0.2, 0) is 0 Å². The highest BCUT2D eigenvalue weighted by Gasteiger charge is 2.40. The van der Waals surface area contributed by atoms with Gasteiger partial charge in [-0.25, -0.2) is 9.97 Å². The standard InChI is InChI=1S/C18H11BrN6O2/c1-10(24-16(26)12-4-2-3-5-13(12)17(24)27)15-22-18(19)23-25(15)14-7-6-11(8-20)9-21-14/h2-7,9-10H,1H3. The fourth-order valence-corrected chi connectivity index (χ4v) is 3.33. The Morgan fingerprint density at radius 2 is 1.78 bits per heavy atom. The first-order valence-electron chi connectivity index (χ1n) is 7.97. The number of amides is 2. The summed E-state index contributed by atoms with van der Waals surface area (Å²) in [5, 5.41) is 13.2. The molecule has 0 saturated heterocycles. The van der Waals surface area contributed by atoms with Crippen LogP contribution in [0.25, 0.3) is 5.82 Å². The van der Waals surface area contributed by atoms with Gasteiger partial charge in [-0.1, -0.05) is 12.1 Å². The number of nitrogens with zero attached hydrogens (tertiary/aromatic N) is 6. The van der Waals surface area contributed by atoms with Gasteiger partial charge in [0.05, 0.1) is 22.7 Å². The summed E-state index contributed by atoms with van der Waals surface area (Å²) in [6, 6.07) is 11.3. The van der Waals surface area contributed by atoms with Gasteiger partial charge in [0, 0.05) is 6.20 Å². The van der Waals surface area contributed by atoms with E-state index < -0.39 is 6.04 Å². The molecule has 0 N–H and O–H groups in total. The van der Waals surface area contributed by atoms with E-state index in [2.05, 4.69) is 31.0 Å². The van der Waals surface area contributed by atoms with Gasteiger partial charge in [0.1, 0.15) is 6.07 Å². The molecule has 1 aliphatic heterocycles. The monoisotopic (exact) mass is 422 g/mol. The summed E-state index contributed by atoms with van der Waals surface area (Å²) in [5.74, 6) is 0.0439. The second kappa shape index (κ2) is 6.41. The first kappa shape index (κ1) is 17.1. The summed E-state index contributed by atoms with van der Waals surface area (Å²) in [5.41, 5.74) is 1.15. The number of benzene rings is 1. The summed E-state index contributed by atoms with van der Waals surface area (Å²) < 4.78 is 1.74. The van der Waals surface area contributed by atoms with Crippen molar-refractivity contribution < 1.29 is 9.59 Å². The smallest absolute Gasteiger partial charge is 0.262 e. The lowest BCUT2D eigenvalue weighted by molar-refractivity contribution is 0.0587. The summed E-state index contributed by atoms with van der Waals surface area (Å²) >= 11 is 3.23. The predicted molar refractivity (Wildman–Crippen MR) is 96.9 cm³/mol. The molecule has 1 aliphatic rings. The van der Waals surface area contributed by atoms with Gasteiger partial charge in [0.15, 0.2) is 11.6 Å². The van der Waals surface area contributed by atoms with Crippen molar-refractivity contribution in [1.29, 1.82) is 5.26 Å². The van der Waals surface area contributed by atoms with Crippen LogP contribution in [0.15, 0.2) is 47.3 Å². The number of aromatic nitrogens is 4. The molecule has 8 nitrogen and oxygen atoms in total. The van der Waals surface area contributed by atoms with Gasteiger partial charge in [0.25, 0.3) is 11.8 Å². The van der Waals surface area contributed by atoms with Crippen LogP contribution in [0.2, 0.25) is 0 Å². The number of fused-ring (bicyclic) bond motifs is 1. The number of nitriles is 1. The minimum absolute atomic E-state index is 0.298. The summed E-state index contributed by atoms with van der Waals surface area (Å²) in [6.45, 7) is 1.71. The lowest BCUT2D eigenvalue weighted by Crippen LogP contribution is -2.34. The number of pyridine rings is 1. The largest absolute Gasteiger partial charge is 0.269 e. The lowest BCUT2D eigenvalue weighted by atomic mass is 10.1. The molecule has 0 radical (unpaired) electrons. The highest BCUT2D eigenvalue weighted by molar-refractivity contribution is 9.10. The third kappa shape index (κ3) is 2.71. The molecule has 2 amide bonds. The van der Waals surface area contributed by atoms with E-state index >= 15 is 0 Å². The molecule has 1 aromatic carbocycles. The predicted octanol–water partition coefficient (Wildman–Crippen LogP) is 2.65. The zero-order valence-electron chi connectivity index (χ0n) is 14.0. The van der Waals surface area contributed by atoms with Crippen LogP contribution in [0, 0.1) is 11.3 Å². The quantitative estimate of drug-likeness (QED) is 0.600. The zero-order chi connectivity index (χ0) is 19.1. The van der Waals surface area contributed by atoms with Crippen LogP contribution in [0.3, 0.4) is 0 Å². The molecule has 4 rings (SSSR count). The summed E-state index contributed by atoms with van der Waals surface area (Å²) in [7, 11) is 0. The highest BCUT2D eigenvalue weighted by atomic mass is 79.9. The molecule has 3 heterocycles. The van der Waals surface area contributed by atoms with Crippen LogP contribution in [0.1, 0.15) is 45.1 Å². The van der Waals surface area contributed by atoms with E-state index in [1.54, 1.807) is 43.3 Å². The minimum Gasteiger partial charge on any atom is -0.269 e. The molecule has 1 unspecified atom stereocenters. The number of rotatable bonds is 3. The molecule has 3 aromatic rings. The average molecular weight is 423 g/mol. The van der Waals surface area contributed by atoms with Crippen molar-refractivity contribution in [2.45, 2.75) is 13.0 Å². The molecule has 27 heavy (non-hydrogen) atoms. The Morgan fingerprint density at radius 3 is 2.33 bits per heavy atom. The van der Waals surface area contributed by atoms with E-state index in [0.717, 1.165) is 0 Å². The van der Waals surface area contributed by atoms with Gasteiger partial charge in [-0.2, -0.15) is 9.94 Å². The van der Waals surface area contributed by atoms with Crippen molar-refractivity contribution >= 4 is 27.7 Å². The fourth-order valence-electron chi connectivity index (χ4n) is 2.99. The Hall–Kier alpha value is -3.38. The van der Waals surface area contributed by atoms with E-state index in [-0.39, 0.29) is 11.8 Å². The van der Waals surface area contributed by atoms with Gasteiger partial charge >= 0.3 is 0 Å². The summed E-state index contributed by atoms with van der Waals surface area (Å²) in [6.07, 6.45) is 1.42. The van der Waals surface area contributed by atoms with Gasteiger partial charge < -0.3 is 0 Å². The Bertz CT molecular complexity index is 1080. The molecule has 0 saturated carbocycles. The minimum atomic E-state index is -0.673. The second-order valence-electron chi connectivity index (χ2n) is 5.87. The number of halogens is 1. The Kier molecular flexibility index (Phi) is 4.05. The van der Waals surface area contributed by atoms with Gasteiger partial charge in [-0.3, -0.25) is 14.5 Å². The first-order chi connectivity index (χ1) is 13.0. The number of hydrogen-bond donors (Lipinski definition) is 0. The molecular weight excluding hydrogens is 412 g/mol. The van der Waals surface area contributed by atoms with Crippen LogP contribution < -0.4 is 0 Å². The highest BCUT2D eigenvalue weighted by Crippen LogP contribution is 2.31. The Labute approximate surface area is 162 Å². The maximum Gasteiger partial charge on any atom is 0.262 e. The van der Waals surface area contributed by atoms with Gasteiger partial charge in [0.2, 0.25) is 4.73 Å². The van der Waals surface area contributed by atoms with Crippen LogP contribution in [0.5, 0.6) is 0 Å². The normalized spacial score (nSPS) is 14.2. The van der Waals surface area contributed by atoms with E-state index in [4.69, 9.17) is 5.26 Å². The Balaban J connectivity index is 1.75. The maximum absolute atomic E-state index is 12.7. The molecule has 0 aliphatic carbocycles. The van der Waals surface area contributed by atoms with Crippen LogP contribution in [0.4, 0.5) is 0 Å². The van der Waals surface area contributed by atoms with Crippen molar-refractivity contribution in [3.63, 3.8) is 0 Å². The molecule has 2 aromatic heterocycles. The number of hydrogen-bond acceptors (Lipinski definition) is 6. The maximum atomic E-state index is 12.7. The Morgan fingerprint density at radius 1 is 1.11 bits per heavy atom. The third-order valence-electron chi connectivity index (χ3n) is 4.29. The van der Waals surface area contributed by atoms with E-state index in [1.165, 1.54) is 15.8 Å². The van der Waals surface area contributed by atoms with Crippen LogP contribution in [-0.4, -0.2) is 36.5 Å². The van der Waals surface area contributed by atoms with E-state index in [1.807, 2.05) is 6.07 Å².